The van der Waals surface area contributed by atoms with Gasteiger partial charge >= 0.3 is 0 Å². The van der Waals surface area contributed by atoms with Gasteiger partial charge in [-0.25, -0.2) is 0 Å². The first kappa shape index (κ1) is 14.8. The topological polar surface area (TPSA) is 38.5 Å². The number of hydrogen-bond donors (Lipinski definition) is 1. The molecular formula is C15H26N2O. The predicted octanol–water partition coefficient (Wildman–Crippen LogP) is 2.90. The van der Waals surface area contributed by atoms with Crippen molar-refractivity contribution in [1.29, 1.82) is 0 Å². The Balaban J connectivity index is 2.83. The lowest BCUT2D eigenvalue weighted by atomic mass is 9.82. The molecule has 0 aromatic heterocycles. The van der Waals surface area contributed by atoms with Gasteiger partial charge in [0, 0.05) is 25.3 Å². The maximum atomic E-state index is 5.96. The summed E-state index contributed by atoms with van der Waals surface area (Å²) in [7, 11) is 3.81. The van der Waals surface area contributed by atoms with Crippen LogP contribution in [0.5, 0.6) is 5.75 Å². The minimum Gasteiger partial charge on any atom is -0.497 e. The van der Waals surface area contributed by atoms with Crippen LogP contribution in [0.2, 0.25) is 0 Å². The highest BCUT2D eigenvalue weighted by molar-refractivity contribution is 5.50. The van der Waals surface area contributed by atoms with E-state index in [0.29, 0.717) is 0 Å². The first-order valence-electron chi connectivity index (χ1n) is 6.66. The number of hydrogen-bond acceptors (Lipinski definition) is 3. The highest BCUT2D eigenvalue weighted by Gasteiger charge is 2.26. The van der Waals surface area contributed by atoms with Gasteiger partial charge in [-0.15, -0.1) is 0 Å². The maximum Gasteiger partial charge on any atom is 0.120 e. The molecule has 3 nitrogen and oxygen atoms in total. The Kier molecular flexibility index (Phi) is 5.48. The molecule has 0 bridgehead atoms. The van der Waals surface area contributed by atoms with E-state index in [2.05, 4.69) is 37.9 Å². The first-order chi connectivity index (χ1) is 8.60. The van der Waals surface area contributed by atoms with Crippen LogP contribution >= 0.6 is 0 Å². The third-order valence-corrected chi connectivity index (χ3v) is 4.00. The lowest BCUT2D eigenvalue weighted by Crippen LogP contribution is -2.40. The fourth-order valence-electron chi connectivity index (χ4n) is 2.27. The Hall–Kier alpha value is -1.22. The van der Waals surface area contributed by atoms with E-state index in [4.69, 9.17) is 10.5 Å². The van der Waals surface area contributed by atoms with E-state index in [1.54, 1.807) is 7.11 Å². The zero-order chi connectivity index (χ0) is 13.6. The van der Waals surface area contributed by atoms with E-state index >= 15 is 0 Å². The summed E-state index contributed by atoms with van der Waals surface area (Å²) in [5.74, 6) is 0.894. The van der Waals surface area contributed by atoms with Gasteiger partial charge in [0.05, 0.1) is 7.11 Å². The Morgan fingerprint density at radius 1 is 1.28 bits per heavy atom. The molecule has 0 fully saturated rings. The number of anilines is 1. The molecule has 0 unspecified atom stereocenters. The van der Waals surface area contributed by atoms with Gasteiger partial charge in [-0.1, -0.05) is 19.9 Å². The molecule has 0 atom stereocenters. The fraction of sp³-hybridized carbons (Fsp3) is 0.600. The Labute approximate surface area is 111 Å². The number of rotatable bonds is 7. The molecule has 0 heterocycles. The lowest BCUT2D eigenvalue weighted by molar-refractivity contribution is 0.280. The molecule has 102 valence electrons. The summed E-state index contributed by atoms with van der Waals surface area (Å²) in [5, 5.41) is 0. The number of nitrogens with two attached hydrogens (primary N) is 1. The second-order valence-electron chi connectivity index (χ2n) is 4.97. The highest BCUT2D eigenvalue weighted by atomic mass is 16.5. The molecule has 0 aliphatic carbocycles. The minimum absolute atomic E-state index is 0.206. The van der Waals surface area contributed by atoms with E-state index in [1.165, 1.54) is 5.69 Å². The van der Waals surface area contributed by atoms with Gasteiger partial charge in [0.15, 0.2) is 0 Å². The molecular weight excluding hydrogens is 224 g/mol. The van der Waals surface area contributed by atoms with Crippen molar-refractivity contribution in [1.82, 2.24) is 0 Å². The van der Waals surface area contributed by atoms with Crippen LogP contribution < -0.4 is 15.4 Å². The van der Waals surface area contributed by atoms with Crippen molar-refractivity contribution in [3.8, 4) is 5.75 Å². The minimum atomic E-state index is 0.206. The molecule has 0 radical (unpaired) electrons. The second-order valence-corrected chi connectivity index (χ2v) is 4.97. The summed E-state index contributed by atoms with van der Waals surface area (Å²) >= 11 is 0. The van der Waals surface area contributed by atoms with Gasteiger partial charge in [-0.2, -0.15) is 0 Å². The molecule has 0 aliphatic rings. The van der Waals surface area contributed by atoms with Crippen LogP contribution in [0.15, 0.2) is 24.3 Å². The SMILES string of the molecule is CCC(CC)(CN)CN(C)c1cccc(OC)c1. The third kappa shape index (κ3) is 3.39. The summed E-state index contributed by atoms with van der Waals surface area (Å²) in [6, 6.07) is 8.15. The van der Waals surface area contributed by atoms with Crippen LogP contribution in [-0.4, -0.2) is 27.2 Å². The van der Waals surface area contributed by atoms with Crippen molar-refractivity contribution < 1.29 is 4.74 Å². The van der Waals surface area contributed by atoms with E-state index in [1.807, 2.05) is 12.1 Å². The smallest absolute Gasteiger partial charge is 0.120 e. The Morgan fingerprint density at radius 3 is 2.44 bits per heavy atom. The third-order valence-electron chi connectivity index (χ3n) is 4.00. The fourth-order valence-corrected chi connectivity index (χ4v) is 2.27. The molecule has 1 aromatic rings. The van der Waals surface area contributed by atoms with Crippen LogP contribution in [0, 0.1) is 5.41 Å². The normalized spacial score (nSPS) is 11.4. The highest BCUT2D eigenvalue weighted by Crippen LogP contribution is 2.29. The standard InChI is InChI=1S/C15H26N2O/c1-5-15(6-2,11-16)12-17(3)13-8-7-9-14(10-13)18-4/h7-10H,5-6,11-12,16H2,1-4H3. The summed E-state index contributed by atoms with van der Waals surface area (Å²) in [6.45, 7) is 6.14. The van der Waals surface area contributed by atoms with Crippen molar-refractivity contribution in [3.63, 3.8) is 0 Å². The van der Waals surface area contributed by atoms with Crippen LogP contribution in [0.3, 0.4) is 0 Å². The summed E-state index contributed by atoms with van der Waals surface area (Å²) in [6.07, 6.45) is 2.21. The summed E-state index contributed by atoms with van der Waals surface area (Å²) in [4.78, 5) is 2.27. The van der Waals surface area contributed by atoms with Gasteiger partial charge in [0.25, 0.3) is 0 Å². The molecule has 0 saturated heterocycles. The van der Waals surface area contributed by atoms with Gasteiger partial charge in [-0.3, -0.25) is 0 Å². The molecule has 0 spiro atoms. The number of nitrogens with zero attached hydrogens (tertiary/aromatic N) is 1. The Bertz CT molecular complexity index is 353. The van der Waals surface area contributed by atoms with Crippen molar-refractivity contribution in [2.75, 3.05) is 32.1 Å². The maximum absolute atomic E-state index is 5.96. The van der Waals surface area contributed by atoms with Crippen LogP contribution in [0.4, 0.5) is 5.69 Å². The molecule has 18 heavy (non-hydrogen) atoms. The predicted molar refractivity (Wildman–Crippen MR) is 78.3 cm³/mol. The Morgan fingerprint density at radius 2 is 1.94 bits per heavy atom. The molecule has 3 heteroatoms. The van der Waals surface area contributed by atoms with Crippen molar-refractivity contribution in [2.45, 2.75) is 26.7 Å². The van der Waals surface area contributed by atoms with Crippen LogP contribution in [-0.2, 0) is 0 Å². The first-order valence-corrected chi connectivity index (χ1v) is 6.66. The van der Waals surface area contributed by atoms with E-state index < -0.39 is 0 Å². The lowest BCUT2D eigenvalue weighted by Gasteiger charge is -2.35. The second kappa shape index (κ2) is 6.64. The zero-order valence-corrected chi connectivity index (χ0v) is 12.1. The molecule has 0 saturated carbocycles. The molecule has 1 aromatic carbocycles. The van der Waals surface area contributed by atoms with Crippen molar-refractivity contribution in [3.05, 3.63) is 24.3 Å². The average molecular weight is 250 g/mol. The number of methoxy groups -OCH3 is 1. The molecule has 0 aliphatic heterocycles. The van der Waals surface area contributed by atoms with Crippen LogP contribution in [0.25, 0.3) is 0 Å². The monoisotopic (exact) mass is 250 g/mol. The summed E-state index contributed by atoms with van der Waals surface area (Å²) in [5.41, 5.74) is 7.34. The van der Waals surface area contributed by atoms with E-state index in [0.717, 1.165) is 31.7 Å². The van der Waals surface area contributed by atoms with Crippen LogP contribution in [0.1, 0.15) is 26.7 Å². The molecule has 2 N–H and O–H groups in total. The molecule has 0 amide bonds. The van der Waals surface area contributed by atoms with Gasteiger partial charge in [0.2, 0.25) is 0 Å². The number of ether oxygens (including phenoxy) is 1. The zero-order valence-electron chi connectivity index (χ0n) is 12.1. The average Bonchev–Trinajstić information content (AvgIpc) is 2.44. The van der Waals surface area contributed by atoms with Gasteiger partial charge < -0.3 is 15.4 Å². The van der Waals surface area contributed by atoms with Crippen molar-refractivity contribution >= 4 is 5.69 Å². The van der Waals surface area contributed by atoms with E-state index in [-0.39, 0.29) is 5.41 Å². The summed E-state index contributed by atoms with van der Waals surface area (Å²) < 4.78 is 5.26. The van der Waals surface area contributed by atoms with E-state index in [9.17, 15) is 0 Å². The largest absolute Gasteiger partial charge is 0.497 e. The van der Waals surface area contributed by atoms with Gasteiger partial charge in [0.1, 0.15) is 5.75 Å². The quantitative estimate of drug-likeness (QED) is 0.808. The number of benzene rings is 1. The van der Waals surface area contributed by atoms with Gasteiger partial charge in [-0.05, 0) is 36.9 Å². The van der Waals surface area contributed by atoms with Crippen molar-refractivity contribution in [2.24, 2.45) is 11.1 Å². The molecule has 1 rings (SSSR count).